The van der Waals surface area contributed by atoms with Crippen molar-refractivity contribution >= 4 is 33.5 Å². The average Bonchev–Trinajstić information content (AvgIpc) is 2.25. The van der Waals surface area contributed by atoms with Crippen molar-refractivity contribution in [3.8, 4) is 0 Å². The van der Waals surface area contributed by atoms with Gasteiger partial charge in [0, 0.05) is 24.3 Å². The number of nitrogens with zero attached hydrogens (tertiary/aromatic N) is 1. The molecule has 1 atom stereocenters. The predicted octanol–water partition coefficient (Wildman–Crippen LogP) is 0.187. The predicted molar refractivity (Wildman–Crippen MR) is 71.6 cm³/mol. The lowest BCUT2D eigenvalue weighted by Gasteiger charge is -2.43. The molecule has 2 rings (SSSR count). The molecule has 2 fully saturated rings. The minimum Gasteiger partial charge on any atom is -0.480 e. The first-order valence-electron chi connectivity index (χ1n) is 6.10. The van der Waals surface area contributed by atoms with Crippen molar-refractivity contribution in [2.45, 2.75) is 24.6 Å². The quantitative estimate of drug-likeness (QED) is 0.748. The fourth-order valence-corrected chi connectivity index (χ4v) is 5.31. The minimum atomic E-state index is -3.40. The number of aliphatic carboxylic acids is 1. The molecule has 2 aliphatic rings. The summed E-state index contributed by atoms with van der Waals surface area (Å²) >= 11 is 1.48. The number of carbonyl (C=O) groups excluding carboxylic acids is 1. The molecular weight excluding hydrogens is 290 g/mol. The Kier molecular flexibility index (Phi) is 3.83. The van der Waals surface area contributed by atoms with Crippen LogP contribution in [0.1, 0.15) is 19.3 Å². The largest absolute Gasteiger partial charge is 0.480 e. The van der Waals surface area contributed by atoms with Crippen molar-refractivity contribution in [1.29, 1.82) is 0 Å². The number of rotatable bonds is 3. The SMILES string of the molecule is CS(=O)(=O)C1CSCCN1C(=O)C1(C(=O)O)CCC1. The molecule has 6 nitrogen and oxygen atoms in total. The topological polar surface area (TPSA) is 91.8 Å². The van der Waals surface area contributed by atoms with E-state index in [2.05, 4.69) is 0 Å². The smallest absolute Gasteiger partial charge is 0.319 e. The first-order chi connectivity index (χ1) is 8.79. The molecule has 1 N–H and O–H groups in total. The third kappa shape index (κ3) is 2.47. The highest BCUT2D eigenvalue weighted by Crippen LogP contribution is 2.44. The number of amides is 1. The van der Waals surface area contributed by atoms with Crippen LogP contribution in [0.4, 0.5) is 0 Å². The zero-order chi connectivity index (χ0) is 14.3. The molecule has 108 valence electrons. The molecule has 19 heavy (non-hydrogen) atoms. The summed E-state index contributed by atoms with van der Waals surface area (Å²) in [6.07, 6.45) is 2.41. The third-order valence-electron chi connectivity index (χ3n) is 3.87. The van der Waals surface area contributed by atoms with E-state index < -0.39 is 32.5 Å². The number of hydrogen-bond acceptors (Lipinski definition) is 5. The molecule has 0 aromatic rings. The van der Waals surface area contributed by atoms with Crippen LogP contribution in [0.25, 0.3) is 0 Å². The van der Waals surface area contributed by atoms with Crippen molar-refractivity contribution in [2.75, 3.05) is 24.3 Å². The Hall–Kier alpha value is -0.760. The highest BCUT2D eigenvalue weighted by atomic mass is 32.2. The monoisotopic (exact) mass is 307 g/mol. The maximum absolute atomic E-state index is 12.5. The Labute approximate surface area is 116 Å². The van der Waals surface area contributed by atoms with Gasteiger partial charge in [-0.15, -0.1) is 0 Å². The number of carboxylic acids is 1. The van der Waals surface area contributed by atoms with Gasteiger partial charge in [-0.1, -0.05) is 6.42 Å². The summed E-state index contributed by atoms with van der Waals surface area (Å²) in [4.78, 5) is 25.1. The van der Waals surface area contributed by atoms with Crippen LogP contribution >= 0.6 is 11.8 Å². The summed E-state index contributed by atoms with van der Waals surface area (Å²) in [5.41, 5.74) is -1.38. The Bertz CT molecular complexity index is 497. The van der Waals surface area contributed by atoms with Crippen LogP contribution in [0.15, 0.2) is 0 Å². The van der Waals surface area contributed by atoms with E-state index in [1.165, 1.54) is 16.7 Å². The molecule has 1 aliphatic carbocycles. The van der Waals surface area contributed by atoms with Crippen LogP contribution in [0.2, 0.25) is 0 Å². The molecule has 0 aromatic carbocycles. The first-order valence-corrected chi connectivity index (χ1v) is 9.21. The summed E-state index contributed by atoms with van der Waals surface area (Å²) < 4.78 is 23.5. The third-order valence-corrected chi connectivity index (χ3v) is 6.51. The Balaban J connectivity index is 2.28. The molecule has 0 aromatic heterocycles. The lowest BCUT2D eigenvalue weighted by atomic mass is 9.67. The second kappa shape index (κ2) is 4.97. The summed E-state index contributed by atoms with van der Waals surface area (Å²) in [6.45, 7) is 0.302. The van der Waals surface area contributed by atoms with Crippen LogP contribution in [-0.2, 0) is 19.4 Å². The van der Waals surface area contributed by atoms with Crippen molar-refractivity contribution in [2.24, 2.45) is 5.41 Å². The van der Waals surface area contributed by atoms with Gasteiger partial charge in [-0.3, -0.25) is 9.59 Å². The van der Waals surface area contributed by atoms with Crippen LogP contribution in [-0.4, -0.2) is 60.0 Å². The lowest BCUT2D eigenvalue weighted by Crippen LogP contribution is -2.59. The van der Waals surface area contributed by atoms with Crippen LogP contribution in [0, 0.1) is 5.41 Å². The summed E-state index contributed by atoms with van der Waals surface area (Å²) in [5.74, 6) is -0.690. The van der Waals surface area contributed by atoms with Gasteiger partial charge in [0.15, 0.2) is 9.84 Å². The van der Waals surface area contributed by atoms with E-state index >= 15 is 0 Å². The molecule has 0 spiro atoms. The number of sulfone groups is 1. The van der Waals surface area contributed by atoms with E-state index in [0.717, 1.165) is 6.26 Å². The molecule has 1 heterocycles. The highest BCUT2D eigenvalue weighted by Gasteiger charge is 2.54. The van der Waals surface area contributed by atoms with Gasteiger partial charge in [0.25, 0.3) is 0 Å². The summed E-state index contributed by atoms with van der Waals surface area (Å²) in [7, 11) is -3.40. The number of carboxylic acid groups (broad SMARTS) is 1. The number of carbonyl (C=O) groups is 2. The highest BCUT2D eigenvalue weighted by molar-refractivity contribution is 8.00. The second-order valence-electron chi connectivity index (χ2n) is 5.10. The van der Waals surface area contributed by atoms with Gasteiger partial charge in [-0.2, -0.15) is 11.8 Å². The Morgan fingerprint density at radius 2 is 2.00 bits per heavy atom. The lowest BCUT2D eigenvalue weighted by molar-refractivity contribution is -0.167. The van der Waals surface area contributed by atoms with Crippen molar-refractivity contribution in [3.05, 3.63) is 0 Å². The molecule has 0 bridgehead atoms. The zero-order valence-electron chi connectivity index (χ0n) is 10.7. The molecule has 0 radical (unpaired) electrons. The Morgan fingerprint density at radius 3 is 2.42 bits per heavy atom. The van der Waals surface area contributed by atoms with E-state index in [0.29, 0.717) is 37.3 Å². The molecule has 8 heteroatoms. The fraction of sp³-hybridized carbons (Fsp3) is 0.818. The molecule has 1 saturated carbocycles. The van der Waals surface area contributed by atoms with Crippen molar-refractivity contribution in [3.63, 3.8) is 0 Å². The molecule has 1 aliphatic heterocycles. The van der Waals surface area contributed by atoms with E-state index in [-0.39, 0.29) is 0 Å². The number of thioether (sulfide) groups is 1. The van der Waals surface area contributed by atoms with Gasteiger partial charge in [-0.05, 0) is 12.8 Å². The van der Waals surface area contributed by atoms with E-state index in [9.17, 15) is 23.1 Å². The molecule has 1 amide bonds. The maximum Gasteiger partial charge on any atom is 0.319 e. The van der Waals surface area contributed by atoms with E-state index in [1.807, 2.05) is 0 Å². The second-order valence-corrected chi connectivity index (χ2v) is 8.45. The van der Waals surface area contributed by atoms with E-state index in [4.69, 9.17) is 0 Å². The standard InChI is InChI=1S/C11H17NO5S2/c1-19(16,17)8-7-18-6-5-12(8)9(13)11(10(14)15)3-2-4-11/h8H,2-7H2,1H3,(H,14,15). The van der Waals surface area contributed by atoms with Crippen LogP contribution in [0.3, 0.4) is 0 Å². The van der Waals surface area contributed by atoms with Gasteiger partial charge in [0.2, 0.25) is 5.91 Å². The molecule has 1 unspecified atom stereocenters. The molecule has 1 saturated heterocycles. The van der Waals surface area contributed by atoms with Gasteiger partial charge in [-0.25, -0.2) is 8.42 Å². The van der Waals surface area contributed by atoms with Gasteiger partial charge < -0.3 is 10.0 Å². The van der Waals surface area contributed by atoms with E-state index in [1.54, 1.807) is 0 Å². The summed E-state index contributed by atoms with van der Waals surface area (Å²) in [6, 6.07) is 0. The van der Waals surface area contributed by atoms with Gasteiger partial charge in [0.05, 0.1) is 0 Å². The normalized spacial score (nSPS) is 26.6. The Morgan fingerprint density at radius 1 is 1.37 bits per heavy atom. The van der Waals surface area contributed by atoms with Gasteiger partial charge in [0.1, 0.15) is 10.8 Å². The maximum atomic E-state index is 12.5. The minimum absolute atomic E-state index is 0.302. The van der Waals surface area contributed by atoms with Gasteiger partial charge >= 0.3 is 5.97 Å². The van der Waals surface area contributed by atoms with Crippen molar-refractivity contribution < 1.29 is 23.1 Å². The van der Waals surface area contributed by atoms with Crippen LogP contribution in [0.5, 0.6) is 0 Å². The van der Waals surface area contributed by atoms with Crippen molar-refractivity contribution in [1.82, 2.24) is 4.90 Å². The average molecular weight is 307 g/mol. The zero-order valence-corrected chi connectivity index (χ0v) is 12.3. The fourth-order valence-electron chi connectivity index (χ4n) is 2.49. The summed E-state index contributed by atoms with van der Waals surface area (Å²) in [5, 5.41) is 8.38. The molecular formula is C11H17NO5S2. The first kappa shape index (κ1) is 14.6. The number of hydrogen-bond donors (Lipinski definition) is 1. The van der Waals surface area contributed by atoms with Crippen LogP contribution < -0.4 is 0 Å².